The Morgan fingerprint density at radius 2 is 1.62 bits per heavy atom. The van der Waals surface area contributed by atoms with Gasteiger partial charge in [0.1, 0.15) is 5.75 Å². The second kappa shape index (κ2) is 10.2. The molecule has 11 heteroatoms. The van der Waals surface area contributed by atoms with Gasteiger partial charge in [-0.15, -0.1) is 0 Å². The number of sulfonamides is 1. The molecule has 0 bridgehead atoms. The van der Waals surface area contributed by atoms with Crippen LogP contribution in [0.15, 0.2) is 47.4 Å². The molecule has 2 rings (SSSR count). The van der Waals surface area contributed by atoms with E-state index in [4.69, 9.17) is 5.11 Å². The Hall–Kier alpha value is -3.57. The van der Waals surface area contributed by atoms with Crippen molar-refractivity contribution in [3.8, 4) is 5.75 Å². The lowest BCUT2D eigenvalue weighted by Crippen LogP contribution is -2.41. The Morgan fingerprint density at radius 3 is 2.16 bits per heavy atom. The van der Waals surface area contributed by atoms with Gasteiger partial charge in [0.15, 0.2) is 11.6 Å². The Bertz CT molecular complexity index is 1160. The first-order valence-electron chi connectivity index (χ1n) is 9.36. The molecular formula is C21H22N2O8S. The Balaban J connectivity index is 2.07. The summed E-state index contributed by atoms with van der Waals surface area (Å²) in [5.41, 5.74) is 0.567. The highest BCUT2D eigenvalue weighted by Gasteiger charge is 2.21. The molecule has 0 radical (unpaired) electrons. The summed E-state index contributed by atoms with van der Waals surface area (Å²) in [6, 6.07) is 8.02. The lowest BCUT2D eigenvalue weighted by Gasteiger charge is -2.14. The summed E-state index contributed by atoms with van der Waals surface area (Å²) in [5.74, 6) is -3.16. The smallest absolute Gasteiger partial charge is 0.305 e. The highest BCUT2D eigenvalue weighted by Crippen LogP contribution is 2.22. The number of carboxylic acid groups (broad SMARTS) is 1. The van der Waals surface area contributed by atoms with Crippen LogP contribution in [0, 0.1) is 0 Å². The van der Waals surface area contributed by atoms with Crippen LogP contribution in [-0.2, 0) is 26.2 Å². The molecule has 0 aliphatic heterocycles. The van der Waals surface area contributed by atoms with E-state index in [1.54, 1.807) is 0 Å². The molecule has 2 aromatic carbocycles. The molecule has 0 aliphatic rings. The van der Waals surface area contributed by atoms with Crippen LogP contribution in [0.3, 0.4) is 0 Å². The second-order valence-electron chi connectivity index (χ2n) is 6.99. The normalized spacial score (nSPS) is 12.1. The standard InChI is InChI=1S/C21H22N2O8S/c1-12(24)17-9-16(7-8-19(17)26)32(30,31)22-11-14-3-5-15(6-4-14)21(29)23-18(13(2)25)10-20(27)28/h3-9,18,22,26H,10-11H2,1-2H3,(H,23,29)(H,27,28). The molecule has 0 spiro atoms. The van der Waals surface area contributed by atoms with Crippen molar-refractivity contribution in [2.24, 2.45) is 0 Å². The molecule has 0 aromatic heterocycles. The highest BCUT2D eigenvalue weighted by molar-refractivity contribution is 7.89. The number of phenols is 1. The maximum Gasteiger partial charge on any atom is 0.305 e. The van der Waals surface area contributed by atoms with Crippen LogP contribution in [0.1, 0.15) is 46.5 Å². The minimum atomic E-state index is -3.98. The summed E-state index contributed by atoms with van der Waals surface area (Å²) in [5, 5.41) is 20.8. The third kappa shape index (κ3) is 6.46. The van der Waals surface area contributed by atoms with Gasteiger partial charge in [-0.25, -0.2) is 13.1 Å². The lowest BCUT2D eigenvalue weighted by atomic mass is 10.1. The maximum absolute atomic E-state index is 12.5. The molecule has 0 aliphatic carbocycles. The number of hydrogen-bond acceptors (Lipinski definition) is 7. The number of nitrogens with one attached hydrogen (secondary N) is 2. The molecule has 0 saturated heterocycles. The molecule has 1 unspecified atom stereocenters. The van der Waals surface area contributed by atoms with E-state index in [0.29, 0.717) is 5.56 Å². The molecule has 4 N–H and O–H groups in total. The molecule has 0 saturated carbocycles. The molecule has 1 atom stereocenters. The molecule has 32 heavy (non-hydrogen) atoms. The monoisotopic (exact) mass is 462 g/mol. The van der Waals surface area contributed by atoms with Gasteiger partial charge in [0.05, 0.1) is 22.9 Å². The highest BCUT2D eigenvalue weighted by atomic mass is 32.2. The minimum Gasteiger partial charge on any atom is -0.507 e. The van der Waals surface area contributed by atoms with Crippen molar-refractivity contribution in [3.63, 3.8) is 0 Å². The zero-order valence-electron chi connectivity index (χ0n) is 17.3. The van der Waals surface area contributed by atoms with Crippen LogP contribution in [0.5, 0.6) is 5.75 Å². The van der Waals surface area contributed by atoms with Crippen LogP contribution in [0.2, 0.25) is 0 Å². The van der Waals surface area contributed by atoms with E-state index < -0.39 is 45.9 Å². The first kappa shape index (κ1) is 24.7. The fourth-order valence-electron chi connectivity index (χ4n) is 2.71. The van der Waals surface area contributed by atoms with Crippen LogP contribution in [0.25, 0.3) is 0 Å². The zero-order chi connectivity index (χ0) is 24.1. The van der Waals surface area contributed by atoms with Crippen molar-refractivity contribution in [2.75, 3.05) is 0 Å². The average Bonchev–Trinajstić information content (AvgIpc) is 2.71. The molecule has 1 amide bonds. The number of carboxylic acids is 1. The fraction of sp³-hybridized carbons (Fsp3) is 0.238. The van der Waals surface area contributed by atoms with E-state index in [2.05, 4.69) is 10.0 Å². The molecule has 0 heterocycles. The number of rotatable bonds is 10. The van der Waals surface area contributed by atoms with Crippen molar-refractivity contribution >= 4 is 33.5 Å². The lowest BCUT2D eigenvalue weighted by molar-refractivity contribution is -0.139. The maximum atomic E-state index is 12.5. The number of ketones is 2. The number of phenolic OH excluding ortho intramolecular Hbond substituents is 1. The number of benzene rings is 2. The predicted molar refractivity (Wildman–Crippen MR) is 113 cm³/mol. The number of Topliss-reactive ketones (excluding diaryl/α,β-unsaturated/α-hetero) is 2. The molecule has 10 nitrogen and oxygen atoms in total. The van der Waals surface area contributed by atoms with Crippen molar-refractivity contribution in [2.45, 2.75) is 37.8 Å². The van der Waals surface area contributed by atoms with Gasteiger partial charge in [0.25, 0.3) is 5.91 Å². The number of carbonyl (C=O) groups is 4. The Labute approximate surface area is 184 Å². The predicted octanol–water partition coefficient (Wildman–Crippen LogP) is 1.24. The van der Waals surface area contributed by atoms with Gasteiger partial charge < -0.3 is 15.5 Å². The third-order valence-electron chi connectivity index (χ3n) is 4.51. The zero-order valence-corrected chi connectivity index (χ0v) is 18.1. The van der Waals surface area contributed by atoms with Gasteiger partial charge in [-0.1, -0.05) is 12.1 Å². The van der Waals surface area contributed by atoms with Gasteiger partial charge in [0.2, 0.25) is 10.0 Å². The fourth-order valence-corrected chi connectivity index (χ4v) is 3.76. The van der Waals surface area contributed by atoms with Gasteiger partial charge in [0, 0.05) is 12.1 Å². The van der Waals surface area contributed by atoms with E-state index in [-0.39, 0.29) is 28.3 Å². The average molecular weight is 462 g/mol. The summed E-state index contributed by atoms with van der Waals surface area (Å²) in [7, 11) is -3.98. The van der Waals surface area contributed by atoms with Gasteiger partial charge in [-0.05, 0) is 49.7 Å². The first-order chi connectivity index (χ1) is 14.9. The summed E-state index contributed by atoms with van der Waals surface area (Å²) in [6.45, 7) is 2.27. The van der Waals surface area contributed by atoms with Crippen molar-refractivity contribution < 1.29 is 37.8 Å². The van der Waals surface area contributed by atoms with Crippen LogP contribution >= 0.6 is 0 Å². The quantitative estimate of drug-likeness (QED) is 0.383. The number of amides is 1. The number of aliphatic carboxylic acids is 1. The van der Waals surface area contributed by atoms with E-state index in [0.717, 1.165) is 12.1 Å². The number of aromatic hydroxyl groups is 1. The summed E-state index contributed by atoms with van der Waals surface area (Å²) < 4.78 is 27.3. The van der Waals surface area contributed by atoms with Crippen LogP contribution < -0.4 is 10.0 Å². The summed E-state index contributed by atoms with van der Waals surface area (Å²) in [6.07, 6.45) is -0.538. The minimum absolute atomic E-state index is 0.115. The van der Waals surface area contributed by atoms with Gasteiger partial charge in [-0.3, -0.25) is 19.2 Å². The van der Waals surface area contributed by atoms with Gasteiger partial charge in [-0.2, -0.15) is 0 Å². The molecule has 0 fully saturated rings. The van der Waals surface area contributed by atoms with E-state index in [1.807, 2.05) is 0 Å². The van der Waals surface area contributed by atoms with Crippen molar-refractivity contribution in [1.82, 2.24) is 10.0 Å². The van der Waals surface area contributed by atoms with Crippen LogP contribution in [0.4, 0.5) is 0 Å². The van der Waals surface area contributed by atoms with Crippen molar-refractivity contribution in [1.29, 1.82) is 0 Å². The first-order valence-corrected chi connectivity index (χ1v) is 10.8. The van der Waals surface area contributed by atoms with E-state index >= 15 is 0 Å². The SMILES string of the molecule is CC(=O)c1cc(S(=O)(=O)NCc2ccc(C(=O)NC(CC(=O)O)C(C)=O)cc2)ccc1O. The van der Waals surface area contributed by atoms with E-state index in [9.17, 15) is 32.7 Å². The molecule has 170 valence electrons. The Kier molecular flexibility index (Phi) is 7.84. The largest absolute Gasteiger partial charge is 0.507 e. The Morgan fingerprint density at radius 1 is 1.00 bits per heavy atom. The second-order valence-corrected chi connectivity index (χ2v) is 8.76. The van der Waals surface area contributed by atoms with Crippen molar-refractivity contribution in [3.05, 3.63) is 59.2 Å². The van der Waals surface area contributed by atoms with Gasteiger partial charge >= 0.3 is 5.97 Å². The summed E-state index contributed by atoms with van der Waals surface area (Å²) in [4.78, 5) is 45.9. The van der Waals surface area contributed by atoms with Crippen LogP contribution in [-0.4, -0.2) is 48.1 Å². The van der Waals surface area contributed by atoms with E-state index in [1.165, 1.54) is 44.2 Å². The third-order valence-corrected chi connectivity index (χ3v) is 5.91. The topological polar surface area (TPSA) is 167 Å². The number of carbonyl (C=O) groups excluding carboxylic acids is 3. The number of hydrogen-bond donors (Lipinski definition) is 4. The molecular weight excluding hydrogens is 440 g/mol. The summed E-state index contributed by atoms with van der Waals surface area (Å²) >= 11 is 0. The molecule has 2 aromatic rings.